The zero-order chi connectivity index (χ0) is 12.5. The Morgan fingerprint density at radius 2 is 2.29 bits per heavy atom. The summed E-state index contributed by atoms with van der Waals surface area (Å²) in [6, 6.07) is 1.32. The molecule has 0 amide bonds. The monoisotopic (exact) mass is 257 g/mol. The second kappa shape index (κ2) is 4.52. The summed E-state index contributed by atoms with van der Waals surface area (Å²) in [7, 11) is -2.99. The summed E-state index contributed by atoms with van der Waals surface area (Å²) < 4.78 is 35.7. The molecule has 1 aromatic heterocycles. The summed E-state index contributed by atoms with van der Waals surface area (Å²) in [5, 5.41) is 0. The average Bonchev–Trinajstić information content (AvgIpc) is 2.58. The zero-order valence-electron chi connectivity index (χ0n) is 9.10. The molecule has 4 nitrogen and oxygen atoms in total. The fraction of sp³-hybridized carbons (Fsp3) is 0.455. The second-order valence-electron chi connectivity index (χ2n) is 4.25. The van der Waals surface area contributed by atoms with Gasteiger partial charge in [0.15, 0.2) is 21.4 Å². The minimum atomic E-state index is -2.99. The summed E-state index contributed by atoms with van der Waals surface area (Å²) >= 11 is 0. The lowest BCUT2D eigenvalue weighted by Crippen LogP contribution is -2.12. The van der Waals surface area contributed by atoms with Crippen LogP contribution in [0.3, 0.4) is 0 Å². The fourth-order valence-electron chi connectivity index (χ4n) is 2.01. The van der Waals surface area contributed by atoms with Crippen molar-refractivity contribution in [1.82, 2.24) is 4.98 Å². The van der Waals surface area contributed by atoms with Crippen LogP contribution in [0.1, 0.15) is 23.2 Å². The maximum Gasteiger partial charge on any atom is 0.166 e. The van der Waals surface area contributed by atoms with E-state index in [1.807, 2.05) is 0 Å². The molecule has 1 aliphatic heterocycles. The number of ketones is 1. The molecule has 92 valence electrons. The molecule has 2 rings (SSSR count). The van der Waals surface area contributed by atoms with Crippen molar-refractivity contribution in [2.24, 2.45) is 5.92 Å². The molecule has 0 saturated carbocycles. The Hall–Kier alpha value is -1.30. The first kappa shape index (κ1) is 12.2. The number of hydrogen-bond donors (Lipinski definition) is 0. The molecule has 0 aromatic carbocycles. The van der Waals surface area contributed by atoms with Crippen LogP contribution in [-0.2, 0) is 9.84 Å². The summed E-state index contributed by atoms with van der Waals surface area (Å²) in [5.74, 6) is -1.03. The largest absolute Gasteiger partial charge is 0.294 e. The van der Waals surface area contributed by atoms with E-state index in [2.05, 4.69) is 4.98 Å². The van der Waals surface area contributed by atoms with Crippen molar-refractivity contribution >= 4 is 15.6 Å². The Kier molecular flexibility index (Phi) is 3.24. The third-order valence-corrected chi connectivity index (χ3v) is 4.71. The average molecular weight is 257 g/mol. The molecule has 17 heavy (non-hydrogen) atoms. The van der Waals surface area contributed by atoms with Crippen LogP contribution < -0.4 is 0 Å². The van der Waals surface area contributed by atoms with E-state index in [4.69, 9.17) is 0 Å². The molecule has 1 aliphatic rings. The highest BCUT2D eigenvalue weighted by atomic mass is 32.2. The SMILES string of the molecule is O=C(CC1CCS(=O)(=O)C1)c1ccncc1F. The molecule has 1 unspecified atom stereocenters. The highest BCUT2D eigenvalue weighted by molar-refractivity contribution is 7.91. The summed E-state index contributed by atoms with van der Waals surface area (Å²) in [6.45, 7) is 0. The van der Waals surface area contributed by atoms with Crippen LogP contribution in [0, 0.1) is 11.7 Å². The number of hydrogen-bond acceptors (Lipinski definition) is 4. The van der Waals surface area contributed by atoms with Gasteiger partial charge in [-0.05, 0) is 18.4 Å². The van der Waals surface area contributed by atoms with Gasteiger partial charge in [0.1, 0.15) is 0 Å². The van der Waals surface area contributed by atoms with Crippen LogP contribution in [0.4, 0.5) is 4.39 Å². The smallest absolute Gasteiger partial charge is 0.166 e. The van der Waals surface area contributed by atoms with E-state index in [1.165, 1.54) is 12.3 Å². The number of rotatable bonds is 3. The molecule has 0 aliphatic carbocycles. The van der Waals surface area contributed by atoms with Gasteiger partial charge < -0.3 is 0 Å². The van der Waals surface area contributed by atoms with Crippen LogP contribution in [0.5, 0.6) is 0 Å². The van der Waals surface area contributed by atoms with E-state index in [1.54, 1.807) is 0 Å². The third kappa shape index (κ3) is 2.88. The number of nitrogens with zero attached hydrogens (tertiary/aromatic N) is 1. The molecule has 0 radical (unpaired) electrons. The van der Waals surface area contributed by atoms with Gasteiger partial charge in [0, 0.05) is 12.6 Å². The van der Waals surface area contributed by atoms with Crippen LogP contribution in [0.25, 0.3) is 0 Å². The first-order valence-corrected chi connectivity index (χ1v) is 7.13. The van der Waals surface area contributed by atoms with E-state index >= 15 is 0 Å². The molecule has 1 saturated heterocycles. The molecular formula is C11H12FNO3S. The standard InChI is InChI=1S/C11H12FNO3S/c12-10-6-13-3-1-9(10)11(14)5-8-2-4-17(15,16)7-8/h1,3,6,8H,2,4-5,7H2. The molecule has 2 heterocycles. The van der Waals surface area contributed by atoms with Crippen LogP contribution in [0.15, 0.2) is 18.5 Å². The lowest BCUT2D eigenvalue weighted by Gasteiger charge is -2.06. The number of halogens is 1. The van der Waals surface area contributed by atoms with E-state index in [0.717, 1.165) is 6.20 Å². The van der Waals surface area contributed by atoms with Gasteiger partial charge in [-0.15, -0.1) is 0 Å². The Bertz CT molecular complexity index is 541. The van der Waals surface area contributed by atoms with Gasteiger partial charge in [-0.1, -0.05) is 0 Å². The van der Waals surface area contributed by atoms with Gasteiger partial charge >= 0.3 is 0 Å². The van der Waals surface area contributed by atoms with Gasteiger partial charge in [-0.3, -0.25) is 9.78 Å². The minimum absolute atomic E-state index is 0.00991. The molecule has 0 bridgehead atoms. The van der Waals surface area contributed by atoms with Gasteiger partial charge in [-0.25, -0.2) is 12.8 Å². The second-order valence-corrected chi connectivity index (χ2v) is 6.48. The zero-order valence-corrected chi connectivity index (χ0v) is 9.91. The number of carbonyl (C=O) groups is 1. The van der Waals surface area contributed by atoms with Crippen molar-refractivity contribution in [1.29, 1.82) is 0 Å². The highest BCUT2D eigenvalue weighted by Crippen LogP contribution is 2.23. The highest BCUT2D eigenvalue weighted by Gasteiger charge is 2.30. The molecule has 0 N–H and O–H groups in total. The Balaban J connectivity index is 2.06. The summed E-state index contributed by atoms with van der Waals surface area (Å²) in [6.07, 6.45) is 2.90. The number of sulfone groups is 1. The van der Waals surface area contributed by atoms with Gasteiger partial charge in [-0.2, -0.15) is 0 Å². The van der Waals surface area contributed by atoms with E-state index < -0.39 is 15.7 Å². The van der Waals surface area contributed by atoms with E-state index in [9.17, 15) is 17.6 Å². The maximum atomic E-state index is 13.3. The number of carbonyl (C=O) groups excluding carboxylic acids is 1. The molecule has 1 aromatic rings. The molecule has 0 spiro atoms. The van der Waals surface area contributed by atoms with E-state index in [-0.39, 0.29) is 35.2 Å². The lowest BCUT2D eigenvalue weighted by atomic mass is 9.98. The van der Waals surface area contributed by atoms with Gasteiger partial charge in [0.05, 0.1) is 23.3 Å². The number of Topliss-reactive ketones (excluding diaryl/α,β-unsaturated/α-hetero) is 1. The van der Waals surface area contributed by atoms with Crippen LogP contribution >= 0.6 is 0 Å². The Morgan fingerprint density at radius 3 is 2.88 bits per heavy atom. The first-order chi connectivity index (χ1) is 7.98. The predicted molar refractivity (Wildman–Crippen MR) is 59.9 cm³/mol. The topological polar surface area (TPSA) is 64.1 Å². The van der Waals surface area contributed by atoms with Gasteiger partial charge in [0.25, 0.3) is 0 Å². The Labute approximate surface area is 98.8 Å². The normalized spacial score (nSPS) is 22.5. The molecular weight excluding hydrogens is 245 g/mol. The lowest BCUT2D eigenvalue weighted by molar-refractivity contribution is 0.0961. The molecule has 6 heteroatoms. The summed E-state index contributed by atoms with van der Waals surface area (Å²) in [5.41, 5.74) is -0.00991. The van der Waals surface area contributed by atoms with Crippen molar-refractivity contribution in [3.63, 3.8) is 0 Å². The van der Waals surface area contributed by atoms with Crippen LogP contribution in [-0.4, -0.2) is 30.7 Å². The minimum Gasteiger partial charge on any atom is -0.294 e. The van der Waals surface area contributed by atoms with Crippen molar-refractivity contribution < 1.29 is 17.6 Å². The van der Waals surface area contributed by atoms with Crippen molar-refractivity contribution in [3.05, 3.63) is 29.8 Å². The van der Waals surface area contributed by atoms with Gasteiger partial charge in [0.2, 0.25) is 0 Å². The maximum absolute atomic E-state index is 13.3. The quantitative estimate of drug-likeness (QED) is 0.764. The van der Waals surface area contributed by atoms with Crippen molar-refractivity contribution in [3.8, 4) is 0 Å². The predicted octanol–water partition coefficient (Wildman–Crippen LogP) is 1.23. The first-order valence-electron chi connectivity index (χ1n) is 5.31. The number of aromatic nitrogens is 1. The van der Waals surface area contributed by atoms with Crippen LogP contribution in [0.2, 0.25) is 0 Å². The Morgan fingerprint density at radius 1 is 1.53 bits per heavy atom. The fourth-order valence-corrected chi connectivity index (χ4v) is 3.87. The number of pyridine rings is 1. The van der Waals surface area contributed by atoms with E-state index in [0.29, 0.717) is 6.42 Å². The molecule has 1 fully saturated rings. The summed E-state index contributed by atoms with van der Waals surface area (Å²) in [4.78, 5) is 15.3. The van der Waals surface area contributed by atoms with Crippen molar-refractivity contribution in [2.45, 2.75) is 12.8 Å². The third-order valence-electron chi connectivity index (χ3n) is 2.87. The molecule has 1 atom stereocenters. The van der Waals surface area contributed by atoms with Crippen molar-refractivity contribution in [2.75, 3.05) is 11.5 Å².